The molecule has 0 amide bonds. The summed E-state index contributed by atoms with van der Waals surface area (Å²) in [5.41, 5.74) is 6.45. The van der Waals surface area contributed by atoms with Crippen LogP contribution in [0.4, 0.5) is 0 Å². The third-order valence-corrected chi connectivity index (χ3v) is 4.74. The molecule has 2 aliphatic rings. The number of hydrogen-bond acceptors (Lipinski definition) is 2. The second-order valence-electron chi connectivity index (χ2n) is 6.63. The lowest BCUT2D eigenvalue weighted by molar-refractivity contribution is 0.152. The third kappa shape index (κ3) is 3.45. The zero-order valence-corrected chi connectivity index (χ0v) is 11.8. The highest BCUT2D eigenvalue weighted by atomic mass is 15.2. The minimum absolute atomic E-state index is 0.0238. The molecule has 2 fully saturated rings. The van der Waals surface area contributed by atoms with E-state index in [1.807, 2.05) is 0 Å². The van der Waals surface area contributed by atoms with E-state index in [0.717, 1.165) is 24.9 Å². The Morgan fingerprint density at radius 2 is 1.88 bits per heavy atom. The van der Waals surface area contributed by atoms with E-state index in [4.69, 9.17) is 5.73 Å². The zero-order valence-electron chi connectivity index (χ0n) is 11.8. The molecule has 2 N–H and O–H groups in total. The molecule has 1 saturated carbocycles. The van der Waals surface area contributed by atoms with Gasteiger partial charge in [0.25, 0.3) is 0 Å². The Labute approximate surface area is 107 Å². The molecule has 2 heteroatoms. The predicted molar refractivity (Wildman–Crippen MR) is 74.1 cm³/mol. The molecular weight excluding hydrogens is 208 g/mol. The predicted octanol–water partition coefficient (Wildman–Crippen LogP) is 3.16. The highest BCUT2D eigenvalue weighted by Crippen LogP contribution is 2.35. The minimum Gasteiger partial charge on any atom is -0.324 e. The molecule has 0 radical (unpaired) electrons. The van der Waals surface area contributed by atoms with E-state index in [0.29, 0.717) is 0 Å². The van der Waals surface area contributed by atoms with Crippen molar-refractivity contribution in [1.29, 1.82) is 0 Å². The van der Waals surface area contributed by atoms with Gasteiger partial charge in [0.05, 0.1) is 0 Å². The van der Waals surface area contributed by atoms with Crippen molar-refractivity contribution >= 4 is 0 Å². The Morgan fingerprint density at radius 3 is 2.53 bits per heavy atom. The fraction of sp³-hybridized carbons (Fsp3) is 1.00. The van der Waals surface area contributed by atoms with E-state index >= 15 is 0 Å². The highest BCUT2D eigenvalue weighted by Gasteiger charge is 2.35. The molecule has 1 aliphatic heterocycles. The molecule has 1 saturated heterocycles. The van der Waals surface area contributed by atoms with Gasteiger partial charge < -0.3 is 5.73 Å². The van der Waals surface area contributed by atoms with Crippen LogP contribution in [-0.4, -0.2) is 29.6 Å². The highest BCUT2D eigenvalue weighted by molar-refractivity contribution is 4.92. The summed E-state index contributed by atoms with van der Waals surface area (Å²) in [5, 5.41) is 0. The number of nitrogens with zero attached hydrogens (tertiary/aromatic N) is 1. The largest absolute Gasteiger partial charge is 0.324 e. The SMILES string of the molecule is CCCC(C)(N)CN1CCCC1C1CCCC1. The summed E-state index contributed by atoms with van der Waals surface area (Å²) in [6.45, 7) is 6.88. The van der Waals surface area contributed by atoms with Gasteiger partial charge in [-0.15, -0.1) is 0 Å². The lowest BCUT2D eigenvalue weighted by atomic mass is 9.93. The van der Waals surface area contributed by atoms with Crippen LogP contribution in [0.1, 0.15) is 65.2 Å². The molecule has 2 nitrogen and oxygen atoms in total. The van der Waals surface area contributed by atoms with Crippen molar-refractivity contribution < 1.29 is 0 Å². The van der Waals surface area contributed by atoms with Gasteiger partial charge in [0, 0.05) is 18.1 Å². The van der Waals surface area contributed by atoms with Crippen molar-refractivity contribution in [1.82, 2.24) is 4.90 Å². The first-order valence-corrected chi connectivity index (χ1v) is 7.65. The summed E-state index contributed by atoms with van der Waals surface area (Å²) in [5.74, 6) is 0.981. The van der Waals surface area contributed by atoms with Crippen molar-refractivity contribution in [3.63, 3.8) is 0 Å². The summed E-state index contributed by atoms with van der Waals surface area (Å²) < 4.78 is 0. The quantitative estimate of drug-likeness (QED) is 0.797. The van der Waals surface area contributed by atoms with Gasteiger partial charge in [-0.05, 0) is 51.5 Å². The maximum absolute atomic E-state index is 6.43. The van der Waals surface area contributed by atoms with Gasteiger partial charge in [-0.1, -0.05) is 26.2 Å². The van der Waals surface area contributed by atoms with Crippen LogP contribution >= 0.6 is 0 Å². The summed E-state index contributed by atoms with van der Waals surface area (Å²) in [4.78, 5) is 2.71. The molecule has 2 unspecified atom stereocenters. The van der Waals surface area contributed by atoms with Crippen molar-refractivity contribution in [3.05, 3.63) is 0 Å². The van der Waals surface area contributed by atoms with E-state index in [-0.39, 0.29) is 5.54 Å². The van der Waals surface area contributed by atoms with Crippen LogP contribution in [0.25, 0.3) is 0 Å². The van der Waals surface area contributed by atoms with Crippen molar-refractivity contribution in [2.24, 2.45) is 11.7 Å². The smallest absolute Gasteiger partial charge is 0.0254 e. The Morgan fingerprint density at radius 1 is 1.18 bits per heavy atom. The molecule has 100 valence electrons. The number of likely N-dealkylation sites (tertiary alicyclic amines) is 1. The monoisotopic (exact) mass is 238 g/mol. The molecule has 0 aromatic heterocycles. The first kappa shape index (κ1) is 13.4. The molecule has 0 spiro atoms. The van der Waals surface area contributed by atoms with Crippen LogP contribution in [0.5, 0.6) is 0 Å². The number of rotatable bonds is 5. The molecule has 1 aliphatic carbocycles. The lowest BCUT2D eigenvalue weighted by Crippen LogP contribution is -2.50. The van der Waals surface area contributed by atoms with E-state index in [1.165, 1.54) is 51.5 Å². The van der Waals surface area contributed by atoms with Crippen molar-refractivity contribution in [2.75, 3.05) is 13.1 Å². The van der Waals surface area contributed by atoms with E-state index in [1.54, 1.807) is 0 Å². The molecule has 0 bridgehead atoms. The molecule has 1 heterocycles. The Bertz CT molecular complexity index is 231. The average Bonchev–Trinajstić information content (AvgIpc) is 2.85. The minimum atomic E-state index is 0.0238. The van der Waals surface area contributed by atoms with Crippen LogP contribution in [0.3, 0.4) is 0 Å². The second-order valence-corrected chi connectivity index (χ2v) is 6.63. The summed E-state index contributed by atoms with van der Waals surface area (Å²) in [7, 11) is 0. The topological polar surface area (TPSA) is 29.3 Å². The fourth-order valence-corrected chi connectivity index (χ4v) is 4.04. The Hall–Kier alpha value is -0.0800. The zero-order chi connectivity index (χ0) is 12.3. The van der Waals surface area contributed by atoms with Gasteiger partial charge in [-0.2, -0.15) is 0 Å². The fourth-order valence-electron chi connectivity index (χ4n) is 4.04. The molecule has 2 atom stereocenters. The van der Waals surface area contributed by atoms with Crippen LogP contribution < -0.4 is 5.73 Å². The van der Waals surface area contributed by atoms with E-state index in [2.05, 4.69) is 18.7 Å². The summed E-state index contributed by atoms with van der Waals surface area (Å²) in [6.07, 6.45) is 11.0. The number of hydrogen-bond donors (Lipinski definition) is 1. The molecule has 0 aromatic rings. The van der Waals surface area contributed by atoms with Crippen LogP contribution in [0.2, 0.25) is 0 Å². The normalized spacial score (nSPS) is 30.9. The maximum Gasteiger partial charge on any atom is 0.0254 e. The summed E-state index contributed by atoms with van der Waals surface area (Å²) in [6, 6.07) is 0.859. The van der Waals surface area contributed by atoms with Crippen LogP contribution in [0.15, 0.2) is 0 Å². The van der Waals surface area contributed by atoms with Gasteiger partial charge in [-0.3, -0.25) is 4.90 Å². The first-order valence-electron chi connectivity index (χ1n) is 7.65. The van der Waals surface area contributed by atoms with Gasteiger partial charge in [-0.25, -0.2) is 0 Å². The number of nitrogens with two attached hydrogens (primary N) is 1. The summed E-state index contributed by atoms with van der Waals surface area (Å²) >= 11 is 0. The maximum atomic E-state index is 6.43. The van der Waals surface area contributed by atoms with E-state index < -0.39 is 0 Å². The standard InChI is InChI=1S/C15H30N2/c1-3-10-15(2,16)12-17-11-6-9-14(17)13-7-4-5-8-13/h13-14H,3-12,16H2,1-2H3. The average molecular weight is 238 g/mol. The lowest BCUT2D eigenvalue weighted by Gasteiger charge is -2.36. The van der Waals surface area contributed by atoms with Crippen molar-refractivity contribution in [3.8, 4) is 0 Å². The second kappa shape index (κ2) is 5.71. The van der Waals surface area contributed by atoms with Crippen LogP contribution in [-0.2, 0) is 0 Å². The Kier molecular flexibility index (Phi) is 4.48. The van der Waals surface area contributed by atoms with Gasteiger partial charge >= 0.3 is 0 Å². The van der Waals surface area contributed by atoms with Crippen LogP contribution in [0, 0.1) is 5.92 Å². The third-order valence-electron chi connectivity index (χ3n) is 4.74. The van der Waals surface area contributed by atoms with Gasteiger partial charge in [0.15, 0.2) is 0 Å². The van der Waals surface area contributed by atoms with Gasteiger partial charge in [0.1, 0.15) is 0 Å². The molecular formula is C15H30N2. The van der Waals surface area contributed by atoms with E-state index in [9.17, 15) is 0 Å². The molecule has 2 rings (SSSR count). The molecule has 0 aromatic carbocycles. The van der Waals surface area contributed by atoms with Gasteiger partial charge in [0.2, 0.25) is 0 Å². The van der Waals surface area contributed by atoms with Crippen molar-refractivity contribution in [2.45, 2.75) is 76.8 Å². The Balaban J connectivity index is 1.90. The first-order chi connectivity index (χ1) is 8.12. The molecule has 17 heavy (non-hydrogen) atoms.